The number of imide groups is 1. The maximum Gasteiger partial charge on any atom is 0.325 e. The number of carbonyl (C=O) groups is 3. The highest BCUT2D eigenvalue weighted by Gasteiger charge is 2.51. The first-order valence-corrected chi connectivity index (χ1v) is 7.13. The van der Waals surface area contributed by atoms with Crippen LogP contribution in [0.2, 0.25) is 0 Å². The van der Waals surface area contributed by atoms with Gasteiger partial charge in [-0.3, -0.25) is 14.5 Å². The van der Waals surface area contributed by atoms with Gasteiger partial charge in [0.15, 0.2) is 5.54 Å². The smallest absolute Gasteiger partial charge is 0.325 e. The summed E-state index contributed by atoms with van der Waals surface area (Å²) in [5.74, 6) is -1.32. The second-order valence-corrected chi connectivity index (χ2v) is 5.48. The van der Waals surface area contributed by atoms with Crippen LogP contribution in [0.3, 0.4) is 0 Å². The number of anilines is 1. The minimum Gasteiger partial charge on any atom is -0.466 e. The van der Waals surface area contributed by atoms with Crippen molar-refractivity contribution < 1.29 is 23.2 Å². The molecule has 1 aliphatic heterocycles. The Bertz CT molecular complexity index is 788. The zero-order chi connectivity index (χ0) is 17.3. The molecule has 1 aromatic carbocycles. The minimum absolute atomic E-state index is 0.280. The first-order valence-electron chi connectivity index (χ1n) is 7.13. The van der Waals surface area contributed by atoms with Gasteiger partial charge in [-0.15, -0.1) is 0 Å². The van der Waals surface area contributed by atoms with Crippen LogP contribution in [-0.2, 0) is 15.1 Å². The number of urea groups is 1. The Morgan fingerprint density at radius 2 is 2.00 bits per heavy atom. The largest absolute Gasteiger partial charge is 0.466 e. The van der Waals surface area contributed by atoms with Crippen molar-refractivity contribution in [2.45, 2.75) is 12.5 Å². The van der Waals surface area contributed by atoms with Gasteiger partial charge in [0.25, 0.3) is 5.91 Å². The van der Waals surface area contributed by atoms with Crippen molar-refractivity contribution in [3.8, 4) is 0 Å². The number of carbonyl (C=O) groups excluding carboxylic acids is 3. The van der Waals surface area contributed by atoms with Gasteiger partial charge >= 0.3 is 6.03 Å². The lowest BCUT2D eigenvalue weighted by Gasteiger charge is -2.18. The summed E-state index contributed by atoms with van der Waals surface area (Å²) in [4.78, 5) is 37.4. The highest BCUT2D eigenvalue weighted by atomic mass is 19.1. The number of benzene rings is 1. The fourth-order valence-electron chi connectivity index (χ4n) is 2.45. The number of halogens is 1. The maximum atomic E-state index is 12.8. The van der Waals surface area contributed by atoms with Crippen molar-refractivity contribution in [1.82, 2.24) is 10.2 Å². The Balaban J connectivity index is 1.71. The van der Waals surface area contributed by atoms with E-state index in [2.05, 4.69) is 10.6 Å². The standard InChI is InChI=1S/C16H14FN3O4/c1-16(12-3-2-8-24-12)14(22)20(15(23)19-16)9-13(21)18-11-6-4-10(17)5-7-11/h2-8H,9H2,1H3,(H,18,21)(H,19,23)/t16-/m1/s1. The number of amides is 4. The van der Waals surface area contributed by atoms with E-state index in [-0.39, 0.29) is 5.76 Å². The molecule has 0 spiro atoms. The summed E-state index contributed by atoms with van der Waals surface area (Å²) in [5, 5.41) is 5.02. The summed E-state index contributed by atoms with van der Waals surface area (Å²) in [7, 11) is 0. The molecule has 0 aliphatic carbocycles. The lowest BCUT2D eigenvalue weighted by molar-refractivity contribution is -0.134. The number of nitrogens with one attached hydrogen (secondary N) is 2. The predicted molar refractivity (Wildman–Crippen MR) is 81.3 cm³/mol. The van der Waals surface area contributed by atoms with E-state index >= 15 is 0 Å². The molecule has 1 aromatic heterocycles. The second-order valence-electron chi connectivity index (χ2n) is 5.48. The van der Waals surface area contributed by atoms with Crippen molar-refractivity contribution in [3.05, 3.63) is 54.2 Å². The topological polar surface area (TPSA) is 91.7 Å². The van der Waals surface area contributed by atoms with E-state index in [0.29, 0.717) is 5.69 Å². The lowest BCUT2D eigenvalue weighted by atomic mass is 9.99. The van der Waals surface area contributed by atoms with Gasteiger partial charge in [-0.25, -0.2) is 9.18 Å². The third-order valence-electron chi connectivity index (χ3n) is 3.72. The molecular weight excluding hydrogens is 317 g/mol. The van der Waals surface area contributed by atoms with Gasteiger partial charge in [-0.1, -0.05) is 0 Å². The molecule has 7 nitrogen and oxygen atoms in total. The molecule has 24 heavy (non-hydrogen) atoms. The average Bonchev–Trinajstić information content (AvgIpc) is 3.14. The van der Waals surface area contributed by atoms with Crippen LogP contribution in [0.1, 0.15) is 12.7 Å². The van der Waals surface area contributed by atoms with Gasteiger partial charge in [0.05, 0.1) is 6.26 Å². The normalized spacial score (nSPS) is 20.2. The van der Waals surface area contributed by atoms with Gasteiger partial charge in [-0.2, -0.15) is 0 Å². The van der Waals surface area contributed by atoms with E-state index in [4.69, 9.17) is 4.42 Å². The summed E-state index contributed by atoms with van der Waals surface area (Å²) in [6.07, 6.45) is 1.39. The fourth-order valence-corrected chi connectivity index (χ4v) is 2.45. The highest BCUT2D eigenvalue weighted by molar-refractivity contribution is 6.09. The molecule has 0 radical (unpaired) electrons. The molecule has 2 heterocycles. The van der Waals surface area contributed by atoms with Crippen LogP contribution in [-0.4, -0.2) is 29.3 Å². The summed E-state index contributed by atoms with van der Waals surface area (Å²) in [6, 6.07) is 7.63. The monoisotopic (exact) mass is 331 g/mol. The third-order valence-corrected chi connectivity index (χ3v) is 3.72. The van der Waals surface area contributed by atoms with E-state index in [9.17, 15) is 18.8 Å². The van der Waals surface area contributed by atoms with E-state index in [1.807, 2.05) is 0 Å². The zero-order valence-electron chi connectivity index (χ0n) is 12.7. The molecular formula is C16H14FN3O4. The molecule has 3 rings (SSSR count). The SMILES string of the molecule is C[C@]1(c2ccco2)NC(=O)N(CC(=O)Nc2ccc(F)cc2)C1=O. The molecule has 4 amide bonds. The average molecular weight is 331 g/mol. The van der Waals surface area contributed by atoms with Crippen molar-refractivity contribution >= 4 is 23.5 Å². The van der Waals surface area contributed by atoms with Gasteiger partial charge in [0.2, 0.25) is 5.91 Å². The summed E-state index contributed by atoms with van der Waals surface area (Å²) in [5.41, 5.74) is -0.987. The fraction of sp³-hybridized carbons (Fsp3) is 0.188. The van der Waals surface area contributed by atoms with Crippen molar-refractivity contribution in [2.75, 3.05) is 11.9 Å². The quantitative estimate of drug-likeness (QED) is 0.836. The number of furan rings is 1. The Labute approximate surface area is 136 Å². The van der Waals surface area contributed by atoms with Gasteiger partial charge in [0.1, 0.15) is 18.1 Å². The molecule has 1 fully saturated rings. The van der Waals surface area contributed by atoms with Gasteiger partial charge in [-0.05, 0) is 43.3 Å². The third kappa shape index (κ3) is 2.73. The van der Waals surface area contributed by atoms with Crippen molar-refractivity contribution in [2.24, 2.45) is 0 Å². The predicted octanol–water partition coefficient (Wildman–Crippen LogP) is 1.82. The molecule has 2 aromatic rings. The number of nitrogens with zero attached hydrogens (tertiary/aromatic N) is 1. The Morgan fingerprint density at radius 3 is 2.62 bits per heavy atom. The molecule has 1 aliphatic rings. The summed E-state index contributed by atoms with van der Waals surface area (Å²) >= 11 is 0. The van der Waals surface area contributed by atoms with Crippen molar-refractivity contribution in [3.63, 3.8) is 0 Å². The summed E-state index contributed by atoms with van der Waals surface area (Å²) in [6.45, 7) is 1.04. The number of hydrogen-bond donors (Lipinski definition) is 2. The first kappa shape index (κ1) is 15.7. The van der Waals surface area contributed by atoms with Gasteiger partial charge in [0, 0.05) is 5.69 Å². The molecule has 8 heteroatoms. The van der Waals surface area contributed by atoms with Crippen LogP contribution in [0.25, 0.3) is 0 Å². The van der Waals surface area contributed by atoms with E-state index in [1.165, 1.54) is 37.5 Å². The van der Waals surface area contributed by atoms with E-state index in [1.54, 1.807) is 12.1 Å². The zero-order valence-corrected chi connectivity index (χ0v) is 12.7. The minimum atomic E-state index is -1.35. The van der Waals surface area contributed by atoms with E-state index < -0.39 is 35.7 Å². The van der Waals surface area contributed by atoms with Gasteiger partial charge < -0.3 is 15.1 Å². The Hall–Kier alpha value is -3.16. The second kappa shape index (κ2) is 5.80. The summed E-state index contributed by atoms with van der Waals surface area (Å²) < 4.78 is 18.0. The van der Waals surface area contributed by atoms with Crippen LogP contribution in [0.15, 0.2) is 47.1 Å². The Kier molecular flexibility index (Phi) is 3.80. The van der Waals surface area contributed by atoms with E-state index in [0.717, 1.165) is 4.90 Å². The number of hydrogen-bond acceptors (Lipinski definition) is 4. The van der Waals surface area contributed by atoms with Crippen LogP contribution in [0.5, 0.6) is 0 Å². The molecule has 2 N–H and O–H groups in total. The van der Waals surface area contributed by atoms with Crippen LogP contribution < -0.4 is 10.6 Å². The molecule has 124 valence electrons. The highest BCUT2D eigenvalue weighted by Crippen LogP contribution is 2.28. The van der Waals surface area contributed by atoms with Crippen LogP contribution in [0.4, 0.5) is 14.9 Å². The molecule has 0 bridgehead atoms. The Morgan fingerprint density at radius 1 is 1.29 bits per heavy atom. The lowest BCUT2D eigenvalue weighted by Crippen LogP contribution is -2.41. The number of rotatable bonds is 4. The maximum absolute atomic E-state index is 12.8. The molecule has 1 saturated heterocycles. The molecule has 0 unspecified atom stereocenters. The molecule has 0 saturated carbocycles. The van der Waals surface area contributed by atoms with Crippen LogP contribution in [0, 0.1) is 5.82 Å². The first-order chi connectivity index (χ1) is 11.4. The van der Waals surface area contributed by atoms with Crippen molar-refractivity contribution in [1.29, 1.82) is 0 Å². The van der Waals surface area contributed by atoms with Crippen LogP contribution >= 0.6 is 0 Å². The molecule has 1 atom stereocenters.